The summed E-state index contributed by atoms with van der Waals surface area (Å²) in [7, 11) is 6.45. The third-order valence-electron chi connectivity index (χ3n) is 3.43. The Labute approximate surface area is 125 Å². The number of rotatable bonds is 9. The number of benzene rings is 1. The van der Waals surface area contributed by atoms with E-state index in [0.717, 1.165) is 32.6 Å². The Balaban J connectivity index is 2.51. The minimum absolute atomic E-state index is 0.560. The van der Waals surface area contributed by atoms with Crippen molar-refractivity contribution in [1.82, 2.24) is 15.1 Å². The van der Waals surface area contributed by atoms with Gasteiger partial charge in [0.05, 0.1) is 0 Å². The normalized spacial score (nSPS) is 11.8. The molecule has 0 spiro atoms. The molecule has 0 aromatic heterocycles. The zero-order chi connectivity index (χ0) is 15.0. The highest BCUT2D eigenvalue weighted by Crippen LogP contribution is 2.11. The van der Waals surface area contributed by atoms with Gasteiger partial charge in [0.2, 0.25) is 0 Å². The molecule has 0 heterocycles. The van der Waals surface area contributed by atoms with Crippen molar-refractivity contribution < 1.29 is 0 Å². The summed E-state index contributed by atoms with van der Waals surface area (Å²) < 4.78 is 0. The quantitative estimate of drug-likeness (QED) is 0.747. The van der Waals surface area contributed by atoms with Gasteiger partial charge in [-0.05, 0) is 45.2 Å². The number of likely N-dealkylation sites (N-methyl/N-ethyl adjacent to an activating group) is 2. The number of hydrogen-bond donors (Lipinski definition) is 1. The van der Waals surface area contributed by atoms with Crippen LogP contribution in [0.25, 0.3) is 0 Å². The van der Waals surface area contributed by atoms with Crippen LogP contribution in [-0.4, -0.2) is 56.6 Å². The van der Waals surface area contributed by atoms with E-state index in [1.165, 1.54) is 11.1 Å². The number of nitrogens with one attached hydrogen (secondary N) is 1. The van der Waals surface area contributed by atoms with E-state index >= 15 is 0 Å². The SMILES string of the molecule is CC(C)NCCc1ccccc1CN(C)CCN(C)C. The lowest BCUT2D eigenvalue weighted by atomic mass is 10.0. The molecule has 0 bridgehead atoms. The van der Waals surface area contributed by atoms with Crippen molar-refractivity contribution in [2.75, 3.05) is 40.8 Å². The molecule has 0 aliphatic carbocycles. The molecule has 3 heteroatoms. The van der Waals surface area contributed by atoms with Crippen LogP contribution in [0.15, 0.2) is 24.3 Å². The second-order valence-corrected chi connectivity index (χ2v) is 6.17. The first-order valence-corrected chi connectivity index (χ1v) is 7.62. The molecule has 1 aromatic rings. The van der Waals surface area contributed by atoms with E-state index in [1.54, 1.807) is 0 Å². The highest BCUT2D eigenvalue weighted by molar-refractivity contribution is 5.27. The van der Waals surface area contributed by atoms with Crippen LogP contribution < -0.4 is 5.32 Å². The third kappa shape index (κ3) is 7.04. The molecule has 1 rings (SSSR count). The van der Waals surface area contributed by atoms with Gasteiger partial charge in [0.25, 0.3) is 0 Å². The summed E-state index contributed by atoms with van der Waals surface area (Å²) in [6, 6.07) is 9.38. The monoisotopic (exact) mass is 277 g/mol. The predicted molar refractivity (Wildman–Crippen MR) is 88.2 cm³/mol. The van der Waals surface area contributed by atoms with Gasteiger partial charge in [-0.3, -0.25) is 0 Å². The van der Waals surface area contributed by atoms with Crippen LogP contribution in [0.1, 0.15) is 25.0 Å². The van der Waals surface area contributed by atoms with E-state index in [-0.39, 0.29) is 0 Å². The highest BCUT2D eigenvalue weighted by Gasteiger charge is 2.06. The van der Waals surface area contributed by atoms with Gasteiger partial charge in [0, 0.05) is 25.7 Å². The summed E-state index contributed by atoms with van der Waals surface area (Å²) in [5, 5.41) is 3.49. The molecule has 1 aromatic carbocycles. The third-order valence-corrected chi connectivity index (χ3v) is 3.43. The first kappa shape index (κ1) is 17.2. The molecule has 1 N–H and O–H groups in total. The fourth-order valence-electron chi connectivity index (χ4n) is 2.19. The van der Waals surface area contributed by atoms with Gasteiger partial charge in [-0.2, -0.15) is 0 Å². The van der Waals surface area contributed by atoms with Gasteiger partial charge in [-0.15, -0.1) is 0 Å². The zero-order valence-corrected chi connectivity index (χ0v) is 13.8. The Morgan fingerprint density at radius 3 is 2.25 bits per heavy atom. The second kappa shape index (κ2) is 9.11. The average molecular weight is 277 g/mol. The minimum Gasteiger partial charge on any atom is -0.314 e. The largest absolute Gasteiger partial charge is 0.314 e. The lowest BCUT2D eigenvalue weighted by molar-refractivity contribution is 0.276. The van der Waals surface area contributed by atoms with Crippen molar-refractivity contribution in [3.63, 3.8) is 0 Å². The molecule has 0 saturated carbocycles. The summed E-state index contributed by atoms with van der Waals surface area (Å²) in [5.74, 6) is 0. The Hall–Kier alpha value is -0.900. The second-order valence-electron chi connectivity index (χ2n) is 6.17. The van der Waals surface area contributed by atoms with Crippen molar-refractivity contribution >= 4 is 0 Å². The van der Waals surface area contributed by atoms with Crippen LogP contribution in [0.4, 0.5) is 0 Å². The predicted octanol–water partition coefficient (Wildman–Crippen LogP) is 2.22. The maximum Gasteiger partial charge on any atom is 0.0233 e. The van der Waals surface area contributed by atoms with Crippen molar-refractivity contribution in [3.05, 3.63) is 35.4 Å². The van der Waals surface area contributed by atoms with Gasteiger partial charge in [-0.1, -0.05) is 38.1 Å². The lowest BCUT2D eigenvalue weighted by Crippen LogP contribution is -2.29. The zero-order valence-electron chi connectivity index (χ0n) is 13.8. The van der Waals surface area contributed by atoms with Crippen molar-refractivity contribution in [1.29, 1.82) is 0 Å². The summed E-state index contributed by atoms with van der Waals surface area (Å²) in [6.07, 6.45) is 1.11. The molecule has 0 atom stereocenters. The maximum atomic E-state index is 3.49. The lowest BCUT2D eigenvalue weighted by Gasteiger charge is -2.21. The van der Waals surface area contributed by atoms with Crippen molar-refractivity contribution in [2.24, 2.45) is 0 Å². The molecule has 0 aliphatic rings. The molecule has 114 valence electrons. The number of hydrogen-bond acceptors (Lipinski definition) is 3. The Bertz CT molecular complexity index is 374. The van der Waals surface area contributed by atoms with Gasteiger partial charge in [-0.25, -0.2) is 0 Å². The fourth-order valence-corrected chi connectivity index (χ4v) is 2.19. The number of nitrogens with zero attached hydrogens (tertiary/aromatic N) is 2. The molecule has 0 amide bonds. The first-order chi connectivity index (χ1) is 9.49. The first-order valence-electron chi connectivity index (χ1n) is 7.62. The van der Waals surface area contributed by atoms with Crippen LogP contribution in [0.5, 0.6) is 0 Å². The Morgan fingerprint density at radius 1 is 1.00 bits per heavy atom. The summed E-state index contributed by atoms with van der Waals surface area (Å²) in [5.41, 5.74) is 2.93. The van der Waals surface area contributed by atoms with Crippen LogP contribution in [0.2, 0.25) is 0 Å². The molecule has 20 heavy (non-hydrogen) atoms. The van der Waals surface area contributed by atoms with Crippen molar-refractivity contribution in [2.45, 2.75) is 32.9 Å². The van der Waals surface area contributed by atoms with Crippen LogP contribution >= 0.6 is 0 Å². The van der Waals surface area contributed by atoms with E-state index < -0.39 is 0 Å². The van der Waals surface area contributed by atoms with Crippen LogP contribution in [0.3, 0.4) is 0 Å². The Morgan fingerprint density at radius 2 is 1.65 bits per heavy atom. The van der Waals surface area contributed by atoms with E-state index in [4.69, 9.17) is 0 Å². The van der Waals surface area contributed by atoms with E-state index in [1.807, 2.05) is 0 Å². The van der Waals surface area contributed by atoms with E-state index in [2.05, 4.69) is 74.4 Å². The van der Waals surface area contributed by atoms with Crippen molar-refractivity contribution in [3.8, 4) is 0 Å². The molecule has 0 radical (unpaired) electrons. The molecule has 0 fully saturated rings. The summed E-state index contributed by atoms with van der Waals surface area (Å²) >= 11 is 0. The van der Waals surface area contributed by atoms with E-state index in [0.29, 0.717) is 6.04 Å². The summed E-state index contributed by atoms with van der Waals surface area (Å²) in [4.78, 5) is 4.63. The molecule has 0 saturated heterocycles. The van der Waals surface area contributed by atoms with E-state index in [9.17, 15) is 0 Å². The molecular formula is C17H31N3. The summed E-state index contributed by atoms with van der Waals surface area (Å²) in [6.45, 7) is 8.68. The topological polar surface area (TPSA) is 18.5 Å². The molecule has 0 unspecified atom stereocenters. The molecule has 0 aliphatic heterocycles. The highest BCUT2D eigenvalue weighted by atomic mass is 15.1. The van der Waals surface area contributed by atoms with Crippen LogP contribution in [-0.2, 0) is 13.0 Å². The average Bonchev–Trinajstić information content (AvgIpc) is 2.38. The minimum atomic E-state index is 0.560. The van der Waals surface area contributed by atoms with Gasteiger partial charge in [0.1, 0.15) is 0 Å². The molecular weight excluding hydrogens is 246 g/mol. The molecule has 3 nitrogen and oxygen atoms in total. The van der Waals surface area contributed by atoms with Crippen LogP contribution in [0, 0.1) is 0 Å². The fraction of sp³-hybridized carbons (Fsp3) is 0.647. The van der Waals surface area contributed by atoms with Gasteiger partial charge < -0.3 is 15.1 Å². The smallest absolute Gasteiger partial charge is 0.0233 e. The Kier molecular flexibility index (Phi) is 7.82. The maximum absolute atomic E-state index is 3.49. The van der Waals surface area contributed by atoms with Gasteiger partial charge in [0.15, 0.2) is 0 Å². The van der Waals surface area contributed by atoms with Gasteiger partial charge >= 0.3 is 0 Å². The standard InChI is InChI=1S/C17H31N3/c1-15(2)18-11-10-16-8-6-7-9-17(16)14-20(5)13-12-19(3)4/h6-9,15,18H,10-14H2,1-5H3.